The molecular weight excluding hydrogens is 501 g/mol. The van der Waals surface area contributed by atoms with Gasteiger partial charge in [-0.15, -0.1) is 11.8 Å². The lowest BCUT2D eigenvalue weighted by molar-refractivity contribution is 0.592. The number of fused-ring (bicyclic) bond motifs is 3. The molecule has 6 rings (SSSR count). The Morgan fingerprint density at radius 3 is 1.74 bits per heavy atom. The van der Waals surface area contributed by atoms with Crippen LogP contribution in [0.25, 0.3) is 27.5 Å². The highest BCUT2D eigenvalue weighted by Gasteiger charge is 2.30. The first-order valence-electron chi connectivity index (χ1n) is 13.0. The number of hydrogen-bond donors (Lipinski definition) is 0. The topological polar surface area (TPSA) is 22.0 Å². The van der Waals surface area contributed by atoms with Gasteiger partial charge in [0.1, 0.15) is 0 Å². The second-order valence-electron chi connectivity index (χ2n) is 10.0. The lowest BCUT2D eigenvalue weighted by Gasteiger charge is -2.20. The van der Waals surface area contributed by atoms with Crippen molar-refractivity contribution in [1.29, 1.82) is 0 Å². The van der Waals surface area contributed by atoms with Gasteiger partial charge in [0.05, 0.1) is 11.0 Å². The van der Waals surface area contributed by atoms with E-state index in [4.69, 9.17) is 0 Å². The van der Waals surface area contributed by atoms with Crippen LogP contribution in [0.1, 0.15) is 13.8 Å². The number of aromatic nitrogens is 1. The maximum Gasteiger partial charge on any atom is 0.171 e. The monoisotopic (exact) mass is 531 g/mol. The second kappa shape index (κ2) is 10.3. The summed E-state index contributed by atoms with van der Waals surface area (Å²) in [5, 5.41) is 4.87. The van der Waals surface area contributed by atoms with E-state index in [2.05, 4.69) is 79.1 Å². The molecule has 0 atom stereocenters. The molecule has 0 bridgehead atoms. The summed E-state index contributed by atoms with van der Waals surface area (Å²) in [6.07, 6.45) is 0. The summed E-state index contributed by atoms with van der Waals surface area (Å²) in [6.45, 7) is 4.51. The van der Waals surface area contributed by atoms with Gasteiger partial charge in [-0.25, -0.2) is 0 Å². The summed E-state index contributed by atoms with van der Waals surface area (Å²) in [7, 11) is -3.07. The summed E-state index contributed by atoms with van der Waals surface area (Å²) < 4.78 is 17.4. The molecule has 0 saturated carbocycles. The largest absolute Gasteiger partial charge is 0.309 e. The second-order valence-corrected chi connectivity index (χ2v) is 13.9. The number of hydrogen-bond acceptors (Lipinski definition) is 2. The minimum absolute atomic E-state index is 0.621. The normalized spacial score (nSPS) is 12.0. The Hall–Kier alpha value is -3.52. The van der Waals surface area contributed by atoms with Crippen LogP contribution in [0.3, 0.4) is 0 Å². The Morgan fingerprint density at radius 1 is 0.632 bits per heavy atom. The smallest absolute Gasteiger partial charge is 0.171 e. The predicted molar refractivity (Wildman–Crippen MR) is 166 cm³/mol. The van der Waals surface area contributed by atoms with Crippen molar-refractivity contribution in [2.45, 2.75) is 18.7 Å². The maximum absolute atomic E-state index is 15.1. The van der Waals surface area contributed by atoms with E-state index in [9.17, 15) is 0 Å². The Balaban J connectivity index is 1.63. The van der Waals surface area contributed by atoms with Crippen LogP contribution in [0.4, 0.5) is 0 Å². The van der Waals surface area contributed by atoms with Gasteiger partial charge in [0, 0.05) is 43.0 Å². The maximum atomic E-state index is 15.1. The van der Waals surface area contributed by atoms with Crippen molar-refractivity contribution in [2.24, 2.45) is 5.92 Å². The average molecular weight is 532 g/mol. The van der Waals surface area contributed by atoms with Crippen molar-refractivity contribution in [3.8, 4) is 5.69 Å². The molecule has 5 aromatic carbocycles. The van der Waals surface area contributed by atoms with Crippen molar-refractivity contribution in [3.63, 3.8) is 0 Å². The summed E-state index contributed by atoms with van der Waals surface area (Å²) in [5.41, 5.74) is 3.40. The molecule has 0 unspecified atom stereocenters. The SMILES string of the molecule is CC(C)CSc1ccc2c(c1)c1cc(P(=O)(c3ccccc3)c3ccccc3)ccc1n2-c1ccccc1. The van der Waals surface area contributed by atoms with Crippen LogP contribution >= 0.6 is 18.9 Å². The molecule has 0 aliphatic rings. The van der Waals surface area contributed by atoms with Crippen molar-refractivity contribution >= 4 is 56.6 Å². The van der Waals surface area contributed by atoms with Gasteiger partial charge in [-0.05, 0) is 54.4 Å². The Bertz CT molecular complexity index is 1720. The number of thioether (sulfide) groups is 1. The van der Waals surface area contributed by atoms with Crippen LogP contribution in [0.15, 0.2) is 132 Å². The first kappa shape index (κ1) is 24.8. The Morgan fingerprint density at radius 2 is 1.16 bits per heavy atom. The van der Waals surface area contributed by atoms with E-state index in [0.717, 1.165) is 43.8 Å². The standard InChI is InChI=1S/C34H30NOPS/c1-25(2)24-38-30-19-21-34-32(23-30)31-22-29(18-20-33(31)35(34)26-12-6-3-7-13-26)37(36,27-14-8-4-9-15-27)28-16-10-5-11-17-28/h3-23,25H,24H2,1-2H3. The number of rotatable bonds is 7. The summed E-state index contributed by atoms with van der Waals surface area (Å²) in [4.78, 5) is 1.26. The van der Waals surface area contributed by atoms with Gasteiger partial charge in [0.15, 0.2) is 7.14 Å². The molecule has 0 fully saturated rings. The summed E-state index contributed by atoms with van der Waals surface area (Å²) in [5.74, 6) is 1.70. The fourth-order valence-electron chi connectivity index (χ4n) is 5.12. The van der Waals surface area contributed by atoms with Crippen LogP contribution in [0.2, 0.25) is 0 Å². The summed E-state index contributed by atoms with van der Waals surface area (Å²) in [6, 6.07) is 43.5. The van der Waals surface area contributed by atoms with Crippen LogP contribution < -0.4 is 15.9 Å². The zero-order valence-electron chi connectivity index (χ0n) is 21.6. The molecule has 188 valence electrons. The molecule has 6 aromatic rings. The molecule has 0 aliphatic heterocycles. The van der Waals surface area contributed by atoms with E-state index in [1.807, 2.05) is 78.5 Å². The van der Waals surface area contributed by atoms with Gasteiger partial charge in [-0.3, -0.25) is 0 Å². The molecule has 0 radical (unpaired) electrons. The third-order valence-corrected chi connectivity index (χ3v) is 11.4. The third kappa shape index (κ3) is 4.41. The van der Waals surface area contributed by atoms with E-state index in [1.165, 1.54) is 10.3 Å². The molecule has 0 saturated heterocycles. The highest BCUT2D eigenvalue weighted by molar-refractivity contribution is 7.99. The molecule has 0 N–H and O–H groups in total. The van der Waals surface area contributed by atoms with Crippen molar-refractivity contribution in [3.05, 3.63) is 127 Å². The highest BCUT2D eigenvalue weighted by atomic mass is 32.2. The number of para-hydroxylation sites is 1. The van der Waals surface area contributed by atoms with E-state index in [0.29, 0.717) is 5.92 Å². The van der Waals surface area contributed by atoms with Gasteiger partial charge in [-0.2, -0.15) is 0 Å². The lowest BCUT2D eigenvalue weighted by Crippen LogP contribution is -2.24. The fourth-order valence-corrected chi connectivity index (χ4v) is 8.68. The van der Waals surface area contributed by atoms with Gasteiger partial charge in [-0.1, -0.05) is 92.7 Å². The number of benzene rings is 5. The predicted octanol–water partition coefficient (Wildman–Crippen LogP) is 8.17. The Kier molecular flexibility index (Phi) is 6.74. The summed E-state index contributed by atoms with van der Waals surface area (Å²) >= 11 is 1.90. The molecule has 1 aromatic heterocycles. The van der Waals surface area contributed by atoms with Crippen LogP contribution in [-0.2, 0) is 4.57 Å². The molecule has 2 nitrogen and oxygen atoms in total. The van der Waals surface area contributed by atoms with Crippen molar-refractivity contribution in [2.75, 3.05) is 5.75 Å². The van der Waals surface area contributed by atoms with E-state index in [-0.39, 0.29) is 0 Å². The first-order valence-corrected chi connectivity index (χ1v) is 15.7. The zero-order valence-corrected chi connectivity index (χ0v) is 23.3. The van der Waals surface area contributed by atoms with E-state index < -0.39 is 7.14 Å². The van der Waals surface area contributed by atoms with Crippen LogP contribution in [0, 0.1) is 5.92 Å². The third-order valence-electron chi connectivity index (χ3n) is 6.92. The van der Waals surface area contributed by atoms with Gasteiger partial charge < -0.3 is 9.13 Å². The Labute approximate surface area is 228 Å². The van der Waals surface area contributed by atoms with Gasteiger partial charge in [0.25, 0.3) is 0 Å². The van der Waals surface area contributed by atoms with Gasteiger partial charge in [0.2, 0.25) is 0 Å². The minimum Gasteiger partial charge on any atom is -0.309 e. The first-order chi connectivity index (χ1) is 18.6. The number of nitrogens with zero attached hydrogens (tertiary/aromatic N) is 1. The quantitative estimate of drug-likeness (QED) is 0.153. The van der Waals surface area contributed by atoms with Crippen LogP contribution in [0.5, 0.6) is 0 Å². The molecular formula is C34H30NOPS. The zero-order chi connectivity index (χ0) is 26.1. The molecule has 38 heavy (non-hydrogen) atoms. The molecule has 0 spiro atoms. The fraction of sp³-hybridized carbons (Fsp3) is 0.118. The van der Waals surface area contributed by atoms with Crippen LogP contribution in [-0.4, -0.2) is 10.3 Å². The van der Waals surface area contributed by atoms with Crippen molar-refractivity contribution in [1.82, 2.24) is 4.57 Å². The average Bonchev–Trinajstić information content (AvgIpc) is 3.30. The molecule has 1 heterocycles. The molecule has 4 heteroatoms. The van der Waals surface area contributed by atoms with Crippen molar-refractivity contribution < 1.29 is 4.57 Å². The van der Waals surface area contributed by atoms with E-state index in [1.54, 1.807) is 0 Å². The molecule has 0 aliphatic carbocycles. The lowest BCUT2D eigenvalue weighted by atomic mass is 10.1. The molecule has 0 amide bonds. The highest BCUT2D eigenvalue weighted by Crippen LogP contribution is 2.44. The van der Waals surface area contributed by atoms with Gasteiger partial charge >= 0.3 is 0 Å². The van der Waals surface area contributed by atoms with E-state index >= 15 is 4.57 Å². The minimum atomic E-state index is -3.07.